The van der Waals surface area contributed by atoms with Gasteiger partial charge >= 0.3 is 0 Å². The molecule has 20 heavy (non-hydrogen) atoms. The van der Waals surface area contributed by atoms with E-state index in [2.05, 4.69) is 21.2 Å². The Bertz CT molecular complexity index is 478. The van der Waals surface area contributed by atoms with Gasteiger partial charge in [-0.15, -0.1) is 0 Å². The van der Waals surface area contributed by atoms with Crippen molar-refractivity contribution in [2.24, 2.45) is 0 Å². The smallest absolute Gasteiger partial charge is 0.255 e. The van der Waals surface area contributed by atoms with Gasteiger partial charge in [0.05, 0.1) is 12.7 Å². The topological polar surface area (TPSA) is 58.6 Å². The molecule has 4 nitrogen and oxygen atoms in total. The van der Waals surface area contributed by atoms with E-state index in [4.69, 9.17) is 4.74 Å². The summed E-state index contributed by atoms with van der Waals surface area (Å²) in [5, 5.41) is 13.0. The number of carbonyl (C=O) groups is 1. The molecule has 2 N–H and O–H groups in total. The summed E-state index contributed by atoms with van der Waals surface area (Å²) in [4.78, 5) is 12.6. The van der Waals surface area contributed by atoms with Gasteiger partial charge in [-0.25, -0.2) is 0 Å². The molecule has 0 radical (unpaired) electrons. The molecule has 0 aliphatic heterocycles. The highest BCUT2D eigenvalue weighted by molar-refractivity contribution is 9.09. The Labute approximate surface area is 127 Å². The van der Waals surface area contributed by atoms with Gasteiger partial charge < -0.3 is 15.2 Å². The molecule has 110 valence electrons. The van der Waals surface area contributed by atoms with Gasteiger partial charge in [-0.3, -0.25) is 4.79 Å². The Kier molecular flexibility index (Phi) is 5.29. The van der Waals surface area contributed by atoms with Crippen molar-refractivity contribution in [1.82, 2.24) is 5.32 Å². The number of ether oxygens (including phenoxy) is 1. The molecule has 0 saturated heterocycles. The van der Waals surface area contributed by atoms with Gasteiger partial charge in [0.2, 0.25) is 0 Å². The molecule has 1 aromatic rings. The van der Waals surface area contributed by atoms with Crippen LogP contribution in [0, 0.1) is 0 Å². The van der Waals surface area contributed by atoms with Crippen LogP contribution in [-0.2, 0) is 0 Å². The highest BCUT2D eigenvalue weighted by Crippen LogP contribution is 2.30. The Morgan fingerprint density at radius 3 is 2.85 bits per heavy atom. The van der Waals surface area contributed by atoms with Gasteiger partial charge in [-0.05, 0) is 25.0 Å². The number of carbonyl (C=O) groups excluding carboxylic acids is 1. The number of rotatable bonds is 3. The monoisotopic (exact) mass is 341 g/mol. The van der Waals surface area contributed by atoms with Crippen molar-refractivity contribution in [3.8, 4) is 11.5 Å². The number of hydrogen-bond donors (Lipinski definition) is 2. The number of aromatic hydroxyl groups is 1. The summed E-state index contributed by atoms with van der Waals surface area (Å²) in [6.45, 7) is 0. The van der Waals surface area contributed by atoms with Crippen molar-refractivity contribution in [3.05, 3.63) is 23.8 Å². The molecule has 1 aliphatic carbocycles. The normalized spacial score (nSPS) is 22.9. The number of phenolic OH excluding ortho intramolecular Hbond substituents is 1. The van der Waals surface area contributed by atoms with Crippen LogP contribution in [0.2, 0.25) is 0 Å². The Hall–Kier alpha value is -1.23. The number of halogens is 1. The van der Waals surface area contributed by atoms with E-state index in [1.165, 1.54) is 20.0 Å². The summed E-state index contributed by atoms with van der Waals surface area (Å²) in [5.74, 6) is -0.0427. The lowest BCUT2D eigenvalue weighted by Gasteiger charge is -2.21. The number of amides is 1. The number of methoxy groups -OCH3 is 1. The van der Waals surface area contributed by atoms with Gasteiger partial charge in [0.15, 0.2) is 11.5 Å². The zero-order chi connectivity index (χ0) is 14.5. The van der Waals surface area contributed by atoms with Crippen molar-refractivity contribution in [3.63, 3.8) is 0 Å². The van der Waals surface area contributed by atoms with Crippen molar-refractivity contribution in [2.75, 3.05) is 7.11 Å². The fourth-order valence-corrected chi connectivity index (χ4v) is 3.26. The van der Waals surface area contributed by atoms with Crippen LogP contribution in [0.4, 0.5) is 0 Å². The minimum atomic E-state index is -0.252. The van der Waals surface area contributed by atoms with Gasteiger partial charge in [-0.2, -0.15) is 0 Å². The zero-order valence-corrected chi connectivity index (χ0v) is 13.1. The quantitative estimate of drug-likeness (QED) is 0.655. The number of benzene rings is 1. The van der Waals surface area contributed by atoms with Gasteiger partial charge in [-0.1, -0.05) is 41.3 Å². The average Bonchev–Trinajstić information content (AvgIpc) is 2.64. The number of phenols is 1. The van der Waals surface area contributed by atoms with Crippen LogP contribution in [0.5, 0.6) is 11.5 Å². The average molecular weight is 342 g/mol. The molecule has 1 aliphatic rings. The van der Waals surface area contributed by atoms with Crippen LogP contribution in [0.3, 0.4) is 0 Å². The highest BCUT2D eigenvalue weighted by atomic mass is 79.9. The predicted octanol–water partition coefficient (Wildman–Crippen LogP) is 3.23. The van der Waals surface area contributed by atoms with E-state index in [-0.39, 0.29) is 23.3 Å². The van der Waals surface area contributed by atoms with Crippen LogP contribution in [-0.4, -0.2) is 29.0 Å². The largest absolute Gasteiger partial charge is 0.504 e. The standard InChI is InChI=1S/C15H20BrNO3/c1-20-13-9-5-6-10(14(13)18)15(19)17-12-8-4-2-3-7-11(12)16/h5-6,9,11-12,18H,2-4,7-8H2,1H3,(H,17,19). The Morgan fingerprint density at radius 2 is 2.10 bits per heavy atom. The number of hydrogen-bond acceptors (Lipinski definition) is 3. The van der Waals surface area contributed by atoms with Crippen molar-refractivity contribution >= 4 is 21.8 Å². The second kappa shape index (κ2) is 6.97. The third kappa shape index (κ3) is 3.45. The maximum absolute atomic E-state index is 12.3. The van der Waals surface area contributed by atoms with Crippen LogP contribution in [0.25, 0.3) is 0 Å². The van der Waals surface area contributed by atoms with Crippen molar-refractivity contribution in [2.45, 2.75) is 43.0 Å². The SMILES string of the molecule is COc1cccc(C(=O)NC2CCCCCC2Br)c1O. The molecule has 5 heteroatoms. The van der Waals surface area contributed by atoms with Crippen LogP contribution in [0.15, 0.2) is 18.2 Å². The minimum absolute atomic E-state index is 0.104. The molecular formula is C15H20BrNO3. The number of alkyl halides is 1. The summed E-state index contributed by atoms with van der Waals surface area (Å²) in [7, 11) is 1.47. The van der Waals surface area contributed by atoms with E-state index in [1.807, 2.05) is 0 Å². The first-order chi connectivity index (χ1) is 9.63. The Morgan fingerprint density at radius 1 is 1.35 bits per heavy atom. The maximum Gasteiger partial charge on any atom is 0.255 e. The van der Waals surface area contributed by atoms with E-state index in [1.54, 1.807) is 18.2 Å². The zero-order valence-electron chi connectivity index (χ0n) is 11.6. The van der Waals surface area contributed by atoms with Crippen LogP contribution >= 0.6 is 15.9 Å². The lowest BCUT2D eigenvalue weighted by Crippen LogP contribution is -2.40. The third-order valence-corrected chi connectivity index (χ3v) is 4.81. The molecule has 0 heterocycles. The molecule has 1 saturated carbocycles. The highest BCUT2D eigenvalue weighted by Gasteiger charge is 2.24. The van der Waals surface area contributed by atoms with E-state index in [0.717, 1.165) is 19.3 Å². The van der Waals surface area contributed by atoms with E-state index in [9.17, 15) is 9.90 Å². The maximum atomic E-state index is 12.3. The summed E-state index contributed by atoms with van der Waals surface area (Å²) >= 11 is 3.65. The number of nitrogens with one attached hydrogen (secondary N) is 1. The van der Waals surface area contributed by atoms with E-state index < -0.39 is 0 Å². The lowest BCUT2D eigenvalue weighted by molar-refractivity contribution is 0.0931. The van der Waals surface area contributed by atoms with Crippen LogP contribution < -0.4 is 10.1 Å². The fourth-order valence-electron chi connectivity index (χ4n) is 2.54. The van der Waals surface area contributed by atoms with Gasteiger partial charge in [0.1, 0.15) is 0 Å². The molecule has 0 bridgehead atoms. The fraction of sp³-hybridized carbons (Fsp3) is 0.533. The Balaban J connectivity index is 2.11. The molecule has 1 amide bonds. The second-order valence-electron chi connectivity index (χ2n) is 5.09. The molecule has 0 aromatic heterocycles. The first-order valence-electron chi connectivity index (χ1n) is 6.94. The lowest BCUT2D eigenvalue weighted by atomic mass is 10.1. The molecule has 2 unspecified atom stereocenters. The molecule has 1 aromatic carbocycles. The molecule has 2 rings (SSSR count). The summed E-state index contributed by atoms with van der Waals surface area (Å²) in [6.07, 6.45) is 5.55. The van der Waals surface area contributed by atoms with E-state index >= 15 is 0 Å². The number of para-hydroxylation sites is 1. The molecule has 2 atom stereocenters. The third-order valence-electron chi connectivity index (χ3n) is 3.71. The minimum Gasteiger partial charge on any atom is -0.504 e. The molecule has 1 fully saturated rings. The molecule has 0 spiro atoms. The van der Waals surface area contributed by atoms with Crippen LogP contribution in [0.1, 0.15) is 42.5 Å². The first-order valence-corrected chi connectivity index (χ1v) is 7.86. The predicted molar refractivity (Wildman–Crippen MR) is 81.7 cm³/mol. The van der Waals surface area contributed by atoms with E-state index in [0.29, 0.717) is 10.6 Å². The second-order valence-corrected chi connectivity index (χ2v) is 6.27. The summed E-state index contributed by atoms with van der Waals surface area (Å²) < 4.78 is 5.03. The van der Waals surface area contributed by atoms with Crippen molar-refractivity contribution < 1.29 is 14.6 Å². The van der Waals surface area contributed by atoms with Crippen molar-refractivity contribution in [1.29, 1.82) is 0 Å². The summed E-state index contributed by atoms with van der Waals surface area (Å²) in [6, 6.07) is 5.04. The van der Waals surface area contributed by atoms with Gasteiger partial charge in [0.25, 0.3) is 5.91 Å². The molecular weight excluding hydrogens is 322 g/mol. The van der Waals surface area contributed by atoms with Gasteiger partial charge in [0, 0.05) is 10.9 Å². The first kappa shape index (κ1) is 15.2. The summed E-state index contributed by atoms with van der Waals surface area (Å²) in [5.41, 5.74) is 0.258.